The van der Waals surface area contributed by atoms with Gasteiger partial charge < -0.3 is 15.2 Å². The van der Waals surface area contributed by atoms with Crippen molar-refractivity contribution in [2.24, 2.45) is 0 Å². The van der Waals surface area contributed by atoms with Gasteiger partial charge in [-0.05, 0) is 29.8 Å². The van der Waals surface area contributed by atoms with E-state index in [1.807, 2.05) is 0 Å². The summed E-state index contributed by atoms with van der Waals surface area (Å²) in [5, 5.41) is 1.30. The molecule has 0 aromatic heterocycles. The largest absolute Gasteiger partial charge is 0.493 e. The summed E-state index contributed by atoms with van der Waals surface area (Å²) in [6, 6.07) is 15.5. The van der Waals surface area contributed by atoms with Gasteiger partial charge in [-0.15, -0.1) is 12.4 Å². The molecule has 0 aliphatic carbocycles. The highest BCUT2D eigenvalue weighted by Crippen LogP contribution is 2.29. The Morgan fingerprint density at radius 1 is 0.926 bits per heavy atom. The van der Waals surface area contributed by atoms with Crippen LogP contribution >= 0.6 is 12.4 Å². The molecule has 3 N–H and O–H groups in total. The predicted octanol–water partition coefficient (Wildman–Crippen LogP) is 3.34. The van der Waals surface area contributed by atoms with Gasteiger partial charge in [0.15, 0.2) is 11.5 Å². The molecule has 3 aromatic rings. The highest BCUT2D eigenvalue weighted by Gasteiger charge is 2.18. The summed E-state index contributed by atoms with van der Waals surface area (Å²) in [6.07, 6.45) is 0. The average Bonchev–Trinajstić information content (AvgIpc) is 2.66. The Kier molecular flexibility index (Phi) is 6.54. The third-order valence-corrected chi connectivity index (χ3v) is 5.58. The van der Waals surface area contributed by atoms with Crippen LogP contribution in [0.2, 0.25) is 0 Å². The maximum atomic E-state index is 12.8. The van der Waals surface area contributed by atoms with E-state index in [1.54, 1.807) is 61.7 Å². The van der Waals surface area contributed by atoms with Gasteiger partial charge in [0.25, 0.3) is 0 Å². The van der Waals surface area contributed by atoms with Gasteiger partial charge in [0.1, 0.15) is 0 Å². The number of methoxy groups -OCH3 is 2. The van der Waals surface area contributed by atoms with Gasteiger partial charge in [0, 0.05) is 23.0 Å². The van der Waals surface area contributed by atoms with Crippen molar-refractivity contribution in [3.05, 3.63) is 60.2 Å². The number of sulfonamides is 1. The van der Waals surface area contributed by atoms with Crippen LogP contribution < -0.4 is 19.9 Å². The Labute approximate surface area is 164 Å². The lowest BCUT2D eigenvalue weighted by atomic mass is 10.1. The van der Waals surface area contributed by atoms with Gasteiger partial charge in [0.2, 0.25) is 10.0 Å². The van der Waals surface area contributed by atoms with E-state index in [0.717, 1.165) is 5.56 Å². The summed E-state index contributed by atoms with van der Waals surface area (Å²) in [7, 11) is -0.633. The van der Waals surface area contributed by atoms with Crippen LogP contribution in [0.4, 0.5) is 5.69 Å². The first kappa shape index (κ1) is 20.8. The Morgan fingerprint density at radius 3 is 2.30 bits per heavy atom. The number of ether oxygens (including phenoxy) is 2. The van der Waals surface area contributed by atoms with Crippen LogP contribution in [0.15, 0.2) is 59.5 Å². The number of rotatable bonds is 6. The number of benzene rings is 3. The van der Waals surface area contributed by atoms with Gasteiger partial charge in [-0.3, -0.25) is 0 Å². The minimum absolute atomic E-state index is 0. The van der Waals surface area contributed by atoms with Crippen molar-refractivity contribution in [3.8, 4) is 11.5 Å². The summed E-state index contributed by atoms with van der Waals surface area (Å²) < 4.78 is 38.7. The van der Waals surface area contributed by atoms with Gasteiger partial charge >= 0.3 is 0 Å². The molecule has 0 bridgehead atoms. The maximum Gasteiger partial charge on any atom is 0.241 e. The normalized spacial score (nSPS) is 11.0. The molecule has 0 radical (unpaired) electrons. The highest BCUT2D eigenvalue weighted by molar-refractivity contribution is 7.89. The minimum Gasteiger partial charge on any atom is -0.493 e. The molecule has 0 spiro atoms. The van der Waals surface area contributed by atoms with E-state index in [9.17, 15) is 8.42 Å². The van der Waals surface area contributed by atoms with Crippen LogP contribution in [0.25, 0.3) is 10.8 Å². The van der Waals surface area contributed by atoms with Gasteiger partial charge in [-0.25, -0.2) is 13.1 Å². The number of nitrogens with two attached hydrogens (primary N) is 1. The van der Waals surface area contributed by atoms with Gasteiger partial charge in [-0.2, -0.15) is 0 Å². The molecule has 0 aliphatic rings. The van der Waals surface area contributed by atoms with Crippen molar-refractivity contribution >= 4 is 38.9 Å². The van der Waals surface area contributed by atoms with E-state index in [2.05, 4.69) is 4.72 Å². The molecular formula is C19H21ClN2O4S. The van der Waals surface area contributed by atoms with E-state index >= 15 is 0 Å². The van der Waals surface area contributed by atoms with Crippen molar-refractivity contribution < 1.29 is 17.9 Å². The predicted molar refractivity (Wildman–Crippen MR) is 109 cm³/mol. The van der Waals surface area contributed by atoms with Crippen LogP contribution in [-0.2, 0) is 16.6 Å². The molecule has 0 unspecified atom stereocenters. The lowest BCUT2D eigenvalue weighted by Crippen LogP contribution is -2.23. The summed E-state index contributed by atoms with van der Waals surface area (Å²) in [4.78, 5) is 0.197. The fourth-order valence-electron chi connectivity index (χ4n) is 2.79. The second-order valence-corrected chi connectivity index (χ2v) is 7.45. The van der Waals surface area contributed by atoms with Crippen molar-refractivity contribution in [2.45, 2.75) is 11.4 Å². The lowest BCUT2D eigenvalue weighted by molar-refractivity contribution is 0.354. The van der Waals surface area contributed by atoms with Crippen molar-refractivity contribution in [2.75, 3.05) is 20.0 Å². The molecule has 27 heavy (non-hydrogen) atoms. The Hall–Kier alpha value is -2.48. The summed E-state index contributed by atoms with van der Waals surface area (Å²) in [5.41, 5.74) is 7.25. The molecule has 3 aromatic carbocycles. The third kappa shape index (κ3) is 4.27. The van der Waals surface area contributed by atoms with Gasteiger partial charge in [0.05, 0.1) is 19.1 Å². The molecule has 0 saturated heterocycles. The summed E-state index contributed by atoms with van der Waals surface area (Å²) in [5.74, 6) is 1.13. The number of halogens is 1. The van der Waals surface area contributed by atoms with E-state index in [0.29, 0.717) is 28.0 Å². The molecule has 0 heterocycles. The molecule has 8 heteroatoms. The molecule has 0 saturated carbocycles. The summed E-state index contributed by atoms with van der Waals surface area (Å²) in [6.45, 7) is 0.126. The third-order valence-electron chi connectivity index (χ3n) is 4.12. The first-order chi connectivity index (χ1) is 12.5. The first-order valence-electron chi connectivity index (χ1n) is 7.94. The van der Waals surface area contributed by atoms with Crippen LogP contribution in [0.3, 0.4) is 0 Å². The standard InChI is InChI=1S/C19H20N2O4S.ClH/c1-24-17-10-9-13(11-18(17)25-2)12-21-26(22,23)19-8-4-5-14-15(19)6-3-7-16(14)20;/h3-11,21H,12,20H2,1-2H3;1H. The fourth-order valence-corrected chi connectivity index (χ4v) is 4.02. The van der Waals surface area contributed by atoms with Crippen LogP contribution in [0.1, 0.15) is 5.56 Å². The molecule has 0 atom stereocenters. The first-order valence-corrected chi connectivity index (χ1v) is 9.42. The molecule has 0 aliphatic heterocycles. The topological polar surface area (TPSA) is 90.7 Å². The highest BCUT2D eigenvalue weighted by atomic mass is 35.5. The van der Waals surface area contributed by atoms with Gasteiger partial charge in [-0.1, -0.05) is 30.3 Å². The lowest BCUT2D eigenvalue weighted by Gasteiger charge is -2.12. The zero-order valence-electron chi connectivity index (χ0n) is 14.9. The van der Waals surface area contributed by atoms with Crippen molar-refractivity contribution in [3.63, 3.8) is 0 Å². The zero-order chi connectivity index (χ0) is 18.7. The fraction of sp³-hybridized carbons (Fsp3) is 0.158. The monoisotopic (exact) mass is 408 g/mol. The number of nitrogens with one attached hydrogen (secondary N) is 1. The smallest absolute Gasteiger partial charge is 0.241 e. The van der Waals surface area contributed by atoms with E-state index in [4.69, 9.17) is 15.2 Å². The number of hydrogen-bond acceptors (Lipinski definition) is 5. The number of fused-ring (bicyclic) bond motifs is 1. The molecule has 144 valence electrons. The maximum absolute atomic E-state index is 12.8. The molecular weight excluding hydrogens is 388 g/mol. The number of nitrogen functional groups attached to an aromatic ring is 1. The minimum atomic E-state index is -3.71. The second-order valence-electron chi connectivity index (χ2n) is 5.71. The molecule has 3 rings (SSSR count). The summed E-state index contributed by atoms with van der Waals surface area (Å²) >= 11 is 0. The Morgan fingerprint density at radius 2 is 1.59 bits per heavy atom. The average molecular weight is 409 g/mol. The number of hydrogen-bond donors (Lipinski definition) is 2. The number of anilines is 1. The molecule has 6 nitrogen and oxygen atoms in total. The zero-order valence-corrected chi connectivity index (χ0v) is 16.6. The van der Waals surface area contributed by atoms with E-state index in [1.165, 1.54) is 7.11 Å². The van der Waals surface area contributed by atoms with E-state index in [-0.39, 0.29) is 23.8 Å². The van der Waals surface area contributed by atoms with Crippen LogP contribution in [0, 0.1) is 0 Å². The van der Waals surface area contributed by atoms with Crippen molar-refractivity contribution in [1.82, 2.24) is 4.72 Å². The quantitative estimate of drug-likeness (QED) is 0.610. The molecule has 0 amide bonds. The second kappa shape index (κ2) is 8.47. The SMILES string of the molecule is COc1ccc(CNS(=O)(=O)c2cccc3c(N)cccc23)cc1OC.Cl. The van der Waals surface area contributed by atoms with E-state index < -0.39 is 10.0 Å². The Bertz CT molecular complexity index is 1050. The van der Waals surface area contributed by atoms with Crippen molar-refractivity contribution in [1.29, 1.82) is 0 Å². The Balaban J connectivity index is 0.00000261. The van der Waals surface area contributed by atoms with Crippen LogP contribution in [-0.4, -0.2) is 22.6 Å². The molecule has 0 fully saturated rings. The van der Waals surface area contributed by atoms with Crippen LogP contribution in [0.5, 0.6) is 11.5 Å².